The summed E-state index contributed by atoms with van der Waals surface area (Å²) in [6.45, 7) is 6.69. The van der Waals surface area contributed by atoms with Gasteiger partial charge in [-0.2, -0.15) is 0 Å². The number of nitrogens with two attached hydrogens (primary N) is 1. The second kappa shape index (κ2) is 5.65. The molecule has 1 aliphatic rings. The minimum atomic E-state index is 0.372. The van der Waals surface area contributed by atoms with Crippen LogP contribution in [0.25, 0.3) is 0 Å². The van der Waals surface area contributed by atoms with Gasteiger partial charge in [-0.25, -0.2) is 0 Å². The van der Waals surface area contributed by atoms with Crippen molar-refractivity contribution in [3.63, 3.8) is 0 Å². The van der Waals surface area contributed by atoms with Crippen LogP contribution in [0, 0.1) is 0 Å². The number of hydrogen-bond acceptors (Lipinski definition) is 2. The van der Waals surface area contributed by atoms with Crippen LogP contribution in [0.4, 0.5) is 0 Å². The van der Waals surface area contributed by atoms with E-state index in [4.69, 9.17) is 5.73 Å². The maximum absolute atomic E-state index is 5.96. The predicted molar refractivity (Wildman–Crippen MR) is 73.0 cm³/mol. The van der Waals surface area contributed by atoms with Crippen molar-refractivity contribution in [3.05, 3.63) is 35.4 Å². The zero-order valence-corrected chi connectivity index (χ0v) is 11.0. The summed E-state index contributed by atoms with van der Waals surface area (Å²) in [5.74, 6) is 0. The molecule has 1 fully saturated rings. The number of hydrogen-bond donors (Lipinski definition) is 1. The first-order chi connectivity index (χ1) is 8.20. The Morgan fingerprint density at radius 2 is 2.06 bits per heavy atom. The van der Waals surface area contributed by atoms with Crippen LogP contribution in [-0.4, -0.2) is 24.0 Å². The Bertz CT molecular complexity index is 344. The summed E-state index contributed by atoms with van der Waals surface area (Å²) in [6, 6.07) is 9.96. The molecule has 2 heteroatoms. The van der Waals surface area contributed by atoms with Gasteiger partial charge in [0.2, 0.25) is 0 Å². The van der Waals surface area contributed by atoms with Crippen molar-refractivity contribution in [1.82, 2.24) is 4.90 Å². The topological polar surface area (TPSA) is 29.3 Å². The third-order valence-corrected chi connectivity index (χ3v) is 3.80. The summed E-state index contributed by atoms with van der Waals surface area (Å²) in [5, 5.41) is 0. The number of rotatable bonds is 4. The Kier molecular flexibility index (Phi) is 4.19. The third-order valence-electron chi connectivity index (χ3n) is 3.80. The lowest BCUT2D eigenvalue weighted by Crippen LogP contribution is -2.28. The van der Waals surface area contributed by atoms with E-state index in [1.54, 1.807) is 0 Å². The summed E-state index contributed by atoms with van der Waals surface area (Å²) in [7, 11) is 0. The number of nitrogens with zero attached hydrogens (tertiary/aromatic N) is 1. The van der Waals surface area contributed by atoms with Crippen LogP contribution in [0.3, 0.4) is 0 Å². The average Bonchev–Trinajstić information content (AvgIpc) is 2.76. The number of aryl methyl sites for hydroxylation is 1. The molecule has 0 radical (unpaired) electrons. The normalized spacial score (nSPS) is 22.9. The number of benzene rings is 1. The SMILES string of the molecule is CCCc1ccc(C(C)N2CCC(N)C2)cc1. The first-order valence-corrected chi connectivity index (χ1v) is 6.79. The van der Waals surface area contributed by atoms with Crippen LogP contribution in [0.1, 0.15) is 43.9 Å². The van der Waals surface area contributed by atoms with Crippen LogP contribution in [0.15, 0.2) is 24.3 Å². The zero-order chi connectivity index (χ0) is 12.3. The molecule has 0 spiro atoms. The van der Waals surface area contributed by atoms with Gasteiger partial charge in [-0.3, -0.25) is 4.90 Å². The Morgan fingerprint density at radius 1 is 1.35 bits per heavy atom. The molecule has 1 aliphatic heterocycles. The smallest absolute Gasteiger partial charge is 0.0320 e. The molecule has 0 amide bonds. The molecule has 2 rings (SSSR count). The van der Waals surface area contributed by atoms with Crippen molar-refractivity contribution < 1.29 is 0 Å². The highest BCUT2D eigenvalue weighted by molar-refractivity contribution is 5.25. The van der Waals surface area contributed by atoms with Crippen molar-refractivity contribution >= 4 is 0 Å². The lowest BCUT2D eigenvalue weighted by Gasteiger charge is -2.24. The molecule has 2 atom stereocenters. The Balaban J connectivity index is 2.01. The van der Waals surface area contributed by atoms with Crippen LogP contribution in [-0.2, 0) is 6.42 Å². The standard InChI is InChI=1S/C15H24N2/c1-3-4-13-5-7-14(8-6-13)12(2)17-10-9-15(16)11-17/h5-8,12,15H,3-4,9-11,16H2,1-2H3. The Labute approximate surface area is 105 Å². The van der Waals surface area contributed by atoms with E-state index >= 15 is 0 Å². The molecule has 0 aliphatic carbocycles. The van der Waals surface area contributed by atoms with Gasteiger partial charge >= 0.3 is 0 Å². The van der Waals surface area contributed by atoms with Gasteiger partial charge in [-0.15, -0.1) is 0 Å². The summed E-state index contributed by atoms with van der Waals surface area (Å²) in [4.78, 5) is 2.49. The summed E-state index contributed by atoms with van der Waals surface area (Å²) in [5.41, 5.74) is 8.82. The van der Waals surface area contributed by atoms with E-state index in [0.29, 0.717) is 12.1 Å². The van der Waals surface area contributed by atoms with Gasteiger partial charge in [0, 0.05) is 25.2 Å². The fourth-order valence-electron chi connectivity index (χ4n) is 2.63. The first-order valence-electron chi connectivity index (χ1n) is 6.79. The van der Waals surface area contributed by atoms with Gasteiger partial charge in [-0.1, -0.05) is 37.6 Å². The molecule has 0 aromatic heterocycles. The fraction of sp³-hybridized carbons (Fsp3) is 0.600. The molecule has 1 aromatic carbocycles. The fourth-order valence-corrected chi connectivity index (χ4v) is 2.63. The van der Waals surface area contributed by atoms with Crippen molar-refractivity contribution in [1.29, 1.82) is 0 Å². The quantitative estimate of drug-likeness (QED) is 0.865. The molecule has 1 aromatic rings. The molecular formula is C15H24N2. The van der Waals surface area contributed by atoms with Gasteiger partial charge in [0.15, 0.2) is 0 Å². The third kappa shape index (κ3) is 3.08. The van der Waals surface area contributed by atoms with Crippen molar-refractivity contribution in [2.45, 2.75) is 45.2 Å². The van der Waals surface area contributed by atoms with Crippen LogP contribution in [0.2, 0.25) is 0 Å². The first kappa shape index (κ1) is 12.6. The van der Waals surface area contributed by atoms with Gasteiger partial charge in [0.1, 0.15) is 0 Å². The second-order valence-corrected chi connectivity index (χ2v) is 5.21. The Morgan fingerprint density at radius 3 is 2.59 bits per heavy atom. The van der Waals surface area contributed by atoms with Gasteiger partial charge in [-0.05, 0) is 30.9 Å². The molecule has 0 saturated carbocycles. The maximum Gasteiger partial charge on any atom is 0.0320 e. The molecule has 2 N–H and O–H groups in total. The zero-order valence-electron chi connectivity index (χ0n) is 11.0. The maximum atomic E-state index is 5.96. The van der Waals surface area contributed by atoms with E-state index in [2.05, 4.69) is 43.0 Å². The van der Waals surface area contributed by atoms with Gasteiger partial charge < -0.3 is 5.73 Å². The Hall–Kier alpha value is -0.860. The van der Waals surface area contributed by atoms with Crippen LogP contribution in [0.5, 0.6) is 0 Å². The van der Waals surface area contributed by atoms with E-state index in [-0.39, 0.29) is 0 Å². The van der Waals surface area contributed by atoms with E-state index in [0.717, 1.165) is 19.5 Å². The van der Waals surface area contributed by atoms with Crippen LogP contribution >= 0.6 is 0 Å². The van der Waals surface area contributed by atoms with E-state index in [9.17, 15) is 0 Å². The molecular weight excluding hydrogens is 208 g/mol. The lowest BCUT2D eigenvalue weighted by atomic mass is 10.0. The molecule has 1 saturated heterocycles. The van der Waals surface area contributed by atoms with Crippen LogP contribution < -0.4 is 5.73 Å². The highest BCUT2D eigenvalue weighted by Crippen LogP contribution is 2.24. The molecule has 94 valence electrons. The molecule has 2 unspecified atom stereocenters. The lowest BCUT2D eigenvalue weighted by molar-refractivity contribution is 0.260. The van der Waals surface area contributed by atoms with E-state index < -0.39 is 0 Å². The van der Waals surface area contributed by atoms with Crippen molar-refractivity contribution in [2.75, 3.05) is 13.1 Å². The average molecular weight is 232 g/mol. The van der Waals surface area contributed by atoms with E-state index in [1.165, 1.54) is 24.0 Å². The molecule has 2 nitrogen and oxygen atoms in total. The van der Waals surface area contributed by atoms with Gasteiger partial charge in [0.25, 0.3) is 0 Å². The molecule has 17 heavy (non-hydrogen) atoms. The number of likely N-dealkylation sites (tertiary alicyclic amines) is 1. The highest BCUT2D eigenvalue weighted by atomic mass is 15.2. The summed E-state index contributed by atoms with van der Waals surface area (Å²) in [6.07, 6.45) is 3.54. The monoisotopic (exact) mass is 232 g/mol. The summed E-state index contributed by atoms with van der Waals surface area (Å²) < 4.78 is 0. The van der Waals surface area contributed by atoms with E-state index in [1.807, 2.05) is 0 Å². The van der Waals surface area contributed by atoms with Gasteiger partial charge in [0.05, 0.1) is 0 Å². The largest absolute Gasteiger partial charge is 0.326 e. The molecule has 0 bridgehead atoms. The predicted octanol–water partition coefficient (Wildman–Crippen LogP) is 2.73. The minimum Gasteiger partial charge on any atom is -0.326 e. The highest BCUT2D eigenvalue weighted by Gasteiger charge is 2.24. The van der Waals surface area contributed by atoms with Crippen molar-refractivity contribution in [2.24, 2.45) is 5.73 Å². The summed E-state index contributed by atoms with van der Waals surface area (Å²) >= 11 is 0. The van der Waals surface area contributed by atoms with Crippen molar-refractivity contribution in [3.8, 4) is 0 Å². The minimum absolute atomic E-state index is 0.372. The second-order valence-electron chi connectivity index (χ2n) is 5.21. The molecule has 1 heterocycles.